The minimum absolute atomic E-state index is 0.421. The summed E-state index contributed by atoms with van der Waals surface area (Å²) in [6.45, 7) is 8.18. The van der Waals surface area contributed by atoms with Gasteiger partial charge in [0.25, 0.3) is 0 Å². The van der Waals surface area contributed by atoms with Gasteiger partial charge in [0.15, 0.2) is 0 Å². The van der Waals surface area contributed by atoms with Crippen LogP contribution in [0.4, 0.5) is 0 Å². The highest BCUT2D eigenvalue weighted by Gasteiger charge is 2.07. The van der Waals surface area contributed by atoms with Crippen molar-refractivity contribution in [3.8, 4) is 0 Å². The molecule has 0 heterocycles. The molecule has 1 N–H and O–H groups in total. The Balaban J connectivity index is 3.63. The molecule has 0 aliphatic carbocycles. The maximum atomic E-state index is 9.50. The van der Waals surface area contributed by atoms with Crippen LogP contribution in [0.3, 0.4) is 0 Å². The van der Waals surface area contributed by atoms with Crippen molar-refractivity contribution in [2.24, 2.45) is 0 Å². The molecule has 1 atom stereocenters. The Kier molecular flexibility index (Phi) is 6.16. The van der Waals surface area contributed by atoms with Crippen LogP contribution < -0.4 is 0 Å². The second-order valence-electron chi connectivity index (χ2n) is 2.86. The molecule has 12 heavy (non-hydrogen) atoms. The Morgan fingerprint density at radius 1 is 1.67 bits per heavy atom. The average Bonchev–Trinajstić information content (AvgIpc) is 2.00. The first-order chi connectivity index (χ1) is 5.57. The number of aliphatic hydroxyl groups is 1. The number of aliphatic hydroxyl groups excluding tert-OH is 1. The van der Waals surface area contributed by atoms with Crippen molar-refractivity contribution >= 4 is 11.8 Å². The number of hydrogen-bond acceptors (Lipinski definition) is 3. The summed E-state index contributed by atoms with van der Waals surface area (Å²) in [6, 6.07) is 0. The molecule has 70 valence electrons. The molecule has 0 rings (SSSR count). The van der Waals surface area contributed by atoms with E-state index in [1.165, 1.54) is 11.8 Å². The quantitative estimate of drug-likeness (QED) is 0.684. The van der Waals surface area contributed by atoms with Gasteiger partial charge in [0.2, 0.25) is 0 Å². The molecule has 0 radical (unpaired) electrons. The van der Waals surface area contributed by atoms with Crippen molar-refractivity contribution in [2.75, 3.05) is 20.6 Å². The summed E-state index contributed by atoms with van der Waals surface area (Å²) in [5.41, 5.74) is 0. The summed E-state index contributed by atoms with van der Waals surface area (Å²) in [7, 11) is 3.96. The first-order valence-corrected chi connectivity index (χ1v) is 4.75. The molecule has 3 heteroatoms. The zero-order valence-electron chi connectivity index (χ0n) is 7.79. The van der Waals surface area contributed by atoms with Gasteiger partial charge in [-0.2, -0.15) is 0 Å². The highest BCUT2D eigenvalue weighted by Crippen LogP contribution is 2.19. The first-order valence-electron chi connectivity index (χ1n) is 3.87. The van der Waals surface area contributed by atoms with E-state index in [0.29, 0.717) is 0 Å². The van der Waals surface area contributed by atoms with Crippen molar-refractivity contribution in [1.29, 1.82) is 0 Å². The van der Waals surface area contributed by atoms with Crippen LogP contribution in [0.15, 0.2) is 23.5 Å². The fraction of sp³-hybridized carbons (Fsp3) is 0.556. The first kappa shape index (κ1) is 11.8. The third kappa shape index (κ3) is 5.41. The van der Waals surface area contributed by atoms with Gasteiger partial charge in [-0.3, -0.25) is 0 Å². The van der Waals surface area contributed by atoms with Gasteiger partial charge >= 0.3 is 0 Å². The summed E-state index contributed by atoms with van der Waals surface area (Å²) in [5.74, 6) is 0. The highest BCUT2D eigenvalue weighted by atomic mass is 32.2. The van der Waals surface area contributed by atoms with Crippen LogP contribution in [-0.2, 0) is 0 Å². The smallest absolute Gasteiger partial charge is 0.0857 e. The van der Waals surface area contributed by atoms with Gasteiger partial charge in [-0.1, -0.05) is 13.2 Å². The fourth-order valence-corrected chi connectivity index (χ4v) is 1.22. The lowest BCUT2D eigenvalue weighted by Crippen LogP contribution is -2.19. The Morgan fingerprint density at radius 3 is 2.67 bits per heavy atom. The van der Waals surface area contributed by atoms with Crippen LogP contribution in [-0.4, -0.2) is 36.8 Å². The van der Waals surface area contributed by atoms with Gasteiger partial charge in [0, 0.05) is 11.4 Å². The number of thioether (sulfide) groups is 1. The van der Waals surface area contributed by atoms with E-state index >= 15 is 0 Å². The molecule has 0 amide bonds. The lowest BCUT2D eigenvalue weighted by atomic mass is 10.2. The molecule has 0 aliphatic heterocycles. The number of rotatable bonds is 6. The molecular weight excluding hydrogens is 170 g/mol. The molecule has 0 aliphatic rings. The van der Waals surface area contributed by atoms with E-state index in [9.17, 15) is 5.11 Å². The predicted molar refractivity (Wildman–Crippen MR) is 56.1 cm³/mol. The van der Waals surface area contributed by atoms with E-state index in [-0.39, 0.29) is 0 Å². The van der Waals surface area contributed by atoms with Gasteiger partial charge in [0.05, 0.1) is 6.10 Å². The van der Waals surface area contributed by atoms with Crippen molar-refractivity contribution in [1.82, 2.24) is 4.90 Å². The number of hydrogen-bond donors (Lipinski definition) is 1. The minimum Gasteiger partial charge on any atom is -0.388 e. The van der Waals surface area contributed by atoms with E-state index < -0.39 is 6.10 Å². The summed E-state index contributed by atoms with van der Waals surface area (Å²) in [5, 5.41) is 11.2. The van der Waals surface area contributed by atoms with E-state index in [1.807, 2.05) is 19.0 Å². The maximum Gasteiger partial charge on any atom is 0.0857 e. The summed E-state index contributed by atoms with van der Waals surface area (Å²) in [4.78, 5) is 2.81. The summed E-state index contributed by atoms with van der Waals surface area (Å²) in [6.07, 6.45) is 0.308. The molecule has 2 nitrogen and oxygen atoms in total. The Bertz CT molecular complexity index is 157. The van der Waals surface area contributed by atoms with Crippen LogP contribution in [0.5, 0.6) is 0 Å². The molecule has 0 aromatic rings. The topological polar surface area (TPSA) is 23.5 Å². The monoisotopic (exact) mass is 187 g/mol. The van der Waals surface area contributed by atoms with E-state index in [1.54, 1.807) is 5.41 Å². The maximum absolute atomic E-state index is 9.50. The molecule has 1 unspecified atom stereocenters. The van der Waals surface area contributed by atoms with E-state index in [2.05, 4.69) is 13.2 Å². The molecule has 0 fully saturated rings. The largest absolute Gasteiger partial charge is 0.388 e. The third-order valence-corrected chi connectivity index (χ3v) is 2.20. The van der Waals surface area contributed by atoms with Crippen LogP contribution in [0.1, 0.15) is 6.42 Å². The van der Waals surface area contributed by atoms with Gasteiger partial charge in [-0.05, 0) is 25.9 Å². The molecule has 0 spiro atoms. The molecule has 0 saturated carbocycles. The zero-order valence-corrected chi connectivity index (χ0v) is 8.60. The standard InChI is InChI=1S/C9H17NOS/c1-5-12-8(2)9(11)6-7-10(3)4/h5,9,11H,1-2,6-7H2,3-4H3. The average molecular weight is 187 g/mol. The minimum atomic E-state index is -0.421. The zero-order chi connectivity index (χ0) is 9.56. The van der Waals surface area contributed by atoms with E-state index in [4.69, 9.17) is 0 Å². The summed E-state index contributed by atoms with van der Waals surface area (Å²) < 4.78 is 0. The molecular formula is C9H17NOS. The van der Waals surface area contributed by atoms with Crippen molar-refractivity contribution in [2.45, 2.75) is 12.5 Å². The second kappa shape index (κ2) is 6.29. The van der Waals surface area contributed by atoms with Crippen molar-refractivity contribution in [3.05, 3.63) is 23.5 Å². The molecule has 0 saturated heterocycles. The van der Waals surface area contributed by atoms with Crippen LogP contribution in [0.25, 0.3) is 0 Å². The predicted octanol–water partition coefficient (Wildman–Crippen LogP) is 1.69. The highest BCUT2D eigenvalue weighted by molar-refractivity contribution is 8.05. The Morgan fingerprint density at radius 2 is 2.25 bits per heavy atom. The summed E-state index contributed by atoms with van der Waals surface area (Å²) >= 11 is 1.39. The normalized spacial score (nSPS) is 13.0. The lowest BCUT2D eigenvalue weighted by Gasteiger charge is -2.14. The lowest BCUT2D eigenvalue weighted by molar-refractivity contribution is 0.193. The molecule has 0 bridgehead atoms. The molecule has 0 aromatic carbocycles. The third-order valence-electron chi connectivity index (χ3n) is 1.46. The van der Waals surface area contributed by atoms with Gasteiger partial charge in [-0.25, -0.2) is 0 Å². The second-order valence-corrected chi connectivity index (χ2v) is 3.95. The number of nitrogens with zero attached hydrogens (tertiary/aromatic N) is 1. The van der Waals surface area contributed by atoms with Crippen LogP contribution in [0, 0.1) is 0 Å². The van der Waals surface area contributed by atoms with Crippen molar-refractivity contribution < 1.29 is 5.11 Å². The van der Waals surface area contributed by atoms with E-state index in [0.717, 1.165) is 17.9 Å². The van der Waals surface area contributed by atoms with Crippen molar-refractivity contribution in [3.63, 3.8) is 0 Å². The molecule has 0 aromatic heterocycles. The Hall–Kier alpha value is -0.250. The fourth-order valence-electron chi connectivity index (χ4n) is 0.727. The van der Waals surface area contributed by atoms with Crippen LogP contribution in [0.2, 0.25) is 0 Å². The van der Waals surface area contributed by atoms with Gasteiger partial charge in [0.1, 0.15) is 0 Å². The van der Waals surface area contributed by atoms with Crippen LogP contribution >= 0.6 is 11.8 Å². The van der Waals surface area contributed by atoms with Gasteiger partial charge in [-0.15, -0.1) is 11.8 Å². The van der Waals surface area contributed by atoms with Gasteiger partial charge < -0.3 is 10.0 Å². The SMILES string of the molecule is C=CSC(=C)C(O)CCN(C)C. The Labute approximate surface area is 79.0 Å².